The van der Waals surface area contributed by atoms with Crippen LogP contribution in [0.4, 0.5) is 0 Å². The fraction of sp³-hybridized carbons (Fsp3) is 0.895. The second-order valence-corrected chi connectivity index (χ2v) is 6.59. The Bertz CT molecular complexity index is 224. The third kappa shape index (κ3) is 8.79. The highest BCUT2D eigenvalue weighted by molar-refractivity contribution is 4.82. The van der Waals surface area contributed by atoms with Crippen molar-refractivity contribution < 1.29 is 0 Å². The first-order valence-corrected chi connectivity index (χ1v) is 9.23. The zero-order valence-electron chi connectivity index (χ0n) is 13.8. The summed E-state index contributed by atoms with van der Waals surface area (Å²) in [6, 6.07) is 1.66. The maximum absolute atomic E-state index is 3.77. The van der Waals surface area contributed by atoms with Crippen molar-refractivity contribution in [2.75, 3.05) is 0 Å². The summed E-state index contributed by atoms with van der Waals surface area (Å²) in [5.41, 5.74) is 0. The Morgan fingerprint density at radius 2 is 1.40 bits per heavy atom. The summed E-state index contributed by atoms with van der Waals surface area (Å²) in [5, 5.41) is 3.77. The minimum atomic E-state index is 0.820. The molecule has 1 heteroatoms. The molecule has 1 aliphatic rings. The Hall–Kier alpha value is -0.300. The summed E-state index contributed by atoms with van der Waals surface area (Å²) in [6.45, 7) is 6.07. The molecular formula is C19H37N. The molecule has 1 heterocycles. The Morgan fingerprint density at radius 3 is 1.95 bits per heavy atom. The van der Waals surface area contributed by atoms with Crippen molar-refractivity contribution in [1.82, 2.24) is 5.32 Å². The van der Waals surface area contributed by atoms with Gasteiger partial charge in [0.1, 0.15) is 0 Å². The van der Waals surface area contributed by atoms with E-state index in [4.69, 9.17) is 0 Å². The van der Waals surface area contributed by atoms with Crippen LogP contribution >= 0.6 is 0 Å². The van der Waals surface area contributed by atoms with Gasteiger partial charge in [-0.3, -0.25) is 0 Å². The number of allylic oxidation sites excluding steroid dienone is 1. The van der Waals surface area contributed by atoms with Crippen LogP contribution in [0.1, 0.15) is 96.8 Å². The van der Waals surface area contributed by atoms with Gasteiger partial charge in [-0.05, 0) is 38.5 Å². The van der Waals surface area contributed by atoms with Gasteiger partial charge < -0.3 is 5.32 Å². The standard InChI is InChI=1S/C19H37N/c1-3-5-6-7-8-9-10-11-12-13-14-15-19-17-16-18(4-2)20-19/h3,18-20H,1,4-17H2,2H3. The van der Waals surface area contributed by atoms with Gasteiger partial charge in [0.05, 0.1) is 0 Å². The Morgan fingerprint density at radius 1 is 0.850 bits per heavy atom. The first-order chi connectivity index (χ1) is 9.86. The quantitative estimate of drug-likeness (QED) is 0.322. The summed E-state index contributed by atoms with van der Waals surface area (Å²) in [7, 11) is 0. The molecule has 1 nitrogen and oxygen atoms in total. The molecule has 1 fully saturated rings. The van der Waals surface area contributed by atoms with E-state index in [2.05, 4.69) is 18.8 Å². The van der Waals surface area contributed by atoms with Crippen molar-refractivity contribution in [2.45, 2.75) is 109 Å². The SMILES string of the molecule is C=CCCCCCCCCCCCC1CCC(CC)N1. The maximum atomic E-state index is 3.77. The van der Waals surface area contributed by atoms with Crippen molar-refractivity contribution in [1.29, 1.82) is 0 Å². The van der Waals surface area contributed by atoms with Crippen LogP contribution in [0.5, 0.6) is 0 Å². The molecule has 1 N–H and O–H groups in total. The topological polar surface area (TPSA) is 12.0 Å². The highest BCUT2D eigenvalue weighted by atomic mass is 15.0. The molecule has 0 bridgehead atoms. The molecule has 0 amide bonds. The number of hydrogen-bond acceptors (Lipinski definition) is 1. The highest BCUT2D eigenvalue weighted by Gasteiger charge is 2.21. The zero-order valence-corrected chi connectivity index (χ0v) is 13.8. The van der Waals surface area contributed by atoms with Gasteiger partial charge in [-0.15, -0.1) is 6.58 Å². The molecule has 0 spiro atoms. The predicted molar refractivity (Wildman–Crippen MR) is 91.2 cm³/mol. The van der Waals surface area contributed by atoms with E-state index in [1.165, 1.54) is 89.9 Å². The van der Waals surface area contributed by atoms with Gasteiger partial charge in [-0.1, -0.05) is 64.4 Å². The van der Waals surface area contributed by atoms with Crippen LogP contribution in [0.2, 0.25) is 0 Å². The van der Waals surface area contributed by atoms with E-state index in [1.807, 2.05) is 6.08 Å². The molecule has 0 saturated carbocycles. The molecule has 2 atom stereocenters. The number of rotatable bonds is 13. The van der Waals surface area contributed by atoms with Crippen molar-refractivity contribution >= 4 is 0 Å². The lowest BCUT2D eigenvalue weighted by atomic mass is 10.0. The smallest absolute Gasteiger partial charge is 0.00702 e. The number of unbranched alkanes of at least 4 members (excludes halogenated alkanes) is 9. The molecule has 2 unspecified atom stereocenters. The predicted octanol–water partition coefficient (Wildman–Crippen LogP) is 5.99. The summed E-state index contributed by atoms with van der Waals surface area (Å²) in [5.74, 6) is 0. The average Bonchev–Trinajstić information content (AvgIpc) is 2.93. The Balaban J connectivity index is 1.76. The second kappa shape index (κ2) is 12.4. The van der Waals surface area contributed by atoms with Gasteiger partial charge in [-0.25, -0.2) is 0 Å². The van der Waals surface area contributed by atoms with E-state index in [0.29, 0.717) is 0 Å². The highest BCUT2D eigenvalue weighted by Crippen LogP contribution is 2.19. The number of nitrogens with one attached hydrogen (secondary N) is 1. The van der Waals surface area contributed by atoms with E-state index in [9.17, 15) is 0 Å². The largest absolute Gasteiger partial charge is 0.311 e. The molecule has 20 heavy (non-hydrogen) atoms. The fourth-order valence-electron chi connectivity index (χ4n) is 3.37. The van der Waals surface area contributed by atoms with Gasteiger partial charge in [-0.2, -0.15) is 0 Å². The van der Waals surface area contributed by atoms with E-state index < -0.39 is 0 Å². The van der Waals surface area contributed by atoms with E-state index in [0.717, 1.165) is 12.1 Å². The molecular weight excluding hydrogens is 242 g/mol. The summed E-state index contributed by atoms with van der Waals surface area (Å²) < 4.78 is 0. The second-order valence-electron chi connectivity index (χ2n) is 6.59. The van der Waals surface area contributed by atoms with Crippen LogP contribution in [0.3, 0.4) is 0 Å². The first-order valence-electron chi connectivity index (χ1n) is 9.23. The summed E-state index contributed by atoms with van der Waals surface area (Å²) >= 11 is 0. The maximum Gasteiger partial charge on any atom is 0.00702 e. The Labute approximate surface area is 127 Å². The van der Waals surface area contributed by atoms with Crippen LogP contribution in [-0.2, 0) is 0 Å². The number of hydrogen-bond donors (Lipinski definition) is 1. The van der Waals surface area contributed by atoms with E-state index in [1.54, 1.807) is 0 Å². The van der Waals surface area contributed by atoms with Crippen LogP contribution in [0.15, 0.2) is 12.7 Å². The van der Waals surface area contributed by atoms with Crippen molar-refractivity contribution in [3.05, 3.63) is 12.7 Å². The normalized spacial score (nSPS) is 22.2. The fourth-order valence-corrected chi connectivity index (χ4v) is 3.37. The molecule has 0 aliphatic carbocycles. The third-order valence-corrected chi connectivity index (χ3v) is 4.79. The van der Waals surface area contributed by atoms with Crippen LogP contribution in [0.25, 0.3) is 0 Å². The monoisotopic (exact) mass is 279 g/mol. The van der Waals surface area contributed by atoms with Gasteiger partial charge in [0.2, 0.25) is 0 Å². The van der Waals surface area contributed by atoms with Gasteiger partial charge >= 0.3 is 0 Å². The van der Waals surface area contributed by atoms with Crippen LogP contribution in [0, 0.1) is 0 Å². The minimum absolute atomic E-state index is 0.820. The molecule has 0 radical (unpaired) electrons. The van der Waals surface area contributed by atoms with Crippen molar-refractivity contribution in [3.8, 4) is 0 Å². The average molecular weight is 280 g/mol. The van der Waals surface area contributed by atoms with Crippen LogP contribution in [-0.4, -0.2) is 12.1 Å². The summed E-state index contributed by atoms with van der Waals surface area (Å²) in [4.78, 5) is 0. The van der Waals surface area contributed by atoms with Gasteiger partial charge in [0, 0.05) is 12.1 Å². The minimum Gasteiger partial charge on any atom is -0.311 e. The van der Waals surface area contributed by atoms with Crippen molar-refractivity contribution in [2.24, 2.45) is 0 Å². The van der Waals surface area contributed by atoms with Crippen LogP contribution < -0.4 is 5.32 Å². The summed E-state index contributed by atoms with van der Waals surface area (Å²) in [6.07, 6.45) is 21.7. The lowest BCUT2D eigenvalue weighted by molar-refractivity contribution is 0.472. The van der Waals surface area contributed by atoms with Gasteiger partial charge in [0.25, 0.3) is 0 Å². The van der Waals surface area contributed by atoms with Crippen molar-refractivity contribution in [3.63, 3.8) is 0 Å². The molecule has 1 saturated heterocycles. The zero-order chi connectivity index (χ0) is 14.5. The first kappa shape index (κ1) is 17.8. The third-order valence-electron chi connectivity index (χ3n) is 4.79. The molecule has 118 valence electrons. The molecule has 0 aromatic heterocycles. The molecule has 1 rings (SSSR count). The molecule has 0 aromatic carbocycles. The Kier molecular flexibility index (Phi) is 11.0. The van der Waals surface area contributed by atoms with Gasteiger partial charge in [0.15, 0.2) is 0 Å². The lowest BCUT2D eigenvalue weighted by Gasteiger charge is -2.12. The van der Waals surface area contributed by atoms with E-state index >= 15 is 0 Å². The van der Waals surface area contributed by atoms with E-state index in [-0.39, 0.29) is 0 Å². The molecule has 1 aliphatic heterocycles. The lowest BCUT2D eigenvalue weighted by Crippen LogP contribution is -2.28. The molecule has 0 aromatic rings.